The first kappa shape index (κ1) is 17.9. The van der Waals surface area contributed by atoms with Crippen LogP contribution < -0.4 is 9.64 Å². The topological polar surface area (TPSA) is 78.8 Å². The van der Waals surface area contributed by atoms with Gasteiger partial charge in [-0.3, -0.25) is 9.88 Å². The second kappa shape index (κ2) is 8.44. The number of methoxy groups -OCH3 is 1. The first-order valence-corrected chi connectivity index (χ1v) is 8.49. The Hall–Kier alpha value is -2.93. The van der Waals surface area contributed by atoms with E-state index < -0.39 is 5.97 Å². The first-order valence-electron chi connectivity index (χ1n) is 8.49. The zero-order valence-electron chi connectivity index (χ0n) is 14.7. The summed E-state index contributed by atoms with van der Waals surface area (Å²) < 4.78 is 5.35. The molecule has 1 saturated heterocycles. The molecular formula is C19H22N4O3. The van der Waals surface area contributed by atoms with Gasteiger partial charge in [0.05, 0.1) is 19.5 Å². The number of aromatic carboxylic acids is 1. The zero-order valence-corrected chi connectivity index (χ0v) is 14.7. The lowest BCUT2D eigenvalue weighted by molar-refractivity contribution is 0.0690. The summed E-state index contributed by atoms with van der Waals surface area (Å²) in [5, 5.41) is 9.03. The molecule has 0 spiro atoms. The fourth-order valence-electron chi connectivity index (χ4n) is 2.90. The number of hydrogen-bond donors (Lipinski definition) is 1. The molecule has 3 rings (SSSR count). The Morgan fingerprint density at radius 3 is 2.73 bits per heavy atom. The summed E-state index contributed by atoms with van der Waals surface area (Å²) in [6, 6.07) is 7.93. The number of hydrogen-bond acceptors (Lipinski definition) is 6. The van der Waals surface area contributed by atoms with Crippen LogP contribution in [0.5, 0.6) is 5.75 Å². The van der Waals surface area contributed by atoms with Crippen molar-refractivity contribution in [1.82, 2.24) is 14.9 Å². The van der Waals surface area contributed by atoms with Crippen LogP contribution in [0.1, 0.15) is 16.1 Å². The van der Waals surface area contributed by atoms with Crippen molar-refractivity contribution in [2.45, 2.75) is 0 Å². The summed E-state index contributed by atoms with van der Waals surface area (Å²) in [4.78, 5) is 23.6. The number of anilines is 1. The quantitative estimate of drug-likeness (QED) is 0.850. The van der Waals surface area contributed by atoms with Gasteiger partial charge in [-0.25, -0.2) is 9.78 Å². The summed E-state index contributed by atoms with van der Waals surface area (Å²) in [5.41, 5.74) is 1.04. The Morgan fingerprint density at radius 1 is 1.23 bits per heavy atom. The van der Waals surface area contributed by atoms with Crippen LogP contribution in [0, 0.1) is 0 Å². The van der Waals surface area contributed by atoms with E-state index in [2.05, 4.69) is 31.9 Å². The van der Waals surface area contributed by atoms with E-state index in [4.69, 9.17) is 9.84 Å². The molecule has 1 N–H and O–H groups in total. The number of aromatic nitrogens is 2. The van der Waals surface area contributed by atoms with Crippen LogP contribution in [-0.4, -0.2) is 65.8 Å². The molecular weight excluding hydrogens is 332 g/mol. The summed E-state index contributed by atoms with van der Waals surface area (Å²) in [6.45, 7) is 4.21. The molecule has 1 fully saturated rings. The second-order valence-electron chi connectivity index (χ2n) is 6.00. The molecule has 1 aliphatic rings. The zero-order chi connectivity index (χ0) is 18.4. The van der Waals surface area contributed by atoms with Crippen LogP contribution in [0.15, 0.2) is 42.7 Å². The molecule has 0 atom stereocenters. The molecule has 2 heterocycles. The third kappa shape index (κ3) is 4.37. The van der Waals surface area contributed by atoms with Gasteiger partial charge in [0.25, 0.3) is 0 Å². The lowest BCUT2D eigenvalue weighted by atomic mass is 10.2. The number of carboxylic acid groups (broad SMARTS) is 1. The lowest BCUT2D eigenvalue weighted by Crippen LogP contribution is -2.46. The fourth-order valence-corrected chi connectivity index (χ4v) is 2.90. The highest BCUT2D eigenvalue weighted by molar-refractivity contribution is 5.85. The third-order valence-electron chi connectivity index (χ3n) is 4.34. The smallest absolute Gasteiger partial charge is 0.356 e. The van der Waals surface area contributed by atoms with Crippen LogP contribution in [0.25, 0.3) is 6.08 Å². The molecule has 0 bridgehead atoms. The third-order valence-corrected chi connectivity index (χ3v) is 4.34. The maximum Gasteiger partial charge on any atom is 0.356 e. The Kier molecular flexibility index (Phi) is 5.80. The number of carboxylic acids is 1. The Balaban J connectivity index is 1.53. The lowest BCUT2D eigenvalue weighted by Gasteiger charge is -2.34. The molecule has 0 aliphatic carbocycles. The van der Waals surface area contributed by atoms with Gasteiger partial charge in [0.2, 0.25) is 0 Å². The van der Waals surface area contributed by atoms with Gasteiger partial charge in [0, 0.05) is 38.3 Å². The van der Waals surface area contributed by atoms with Gasteiger partial charge in [0.15, 0.2) is 5.69 Å². The largest absolute Gasteiger partial charge is 0.496 e. The highest BCUT2D eigenvalue weighted by Crippen LogP contribution is 2.19. The van der Waals surface area contributed by atoms with E-state index in [1.54, 1.807) is 13.3 Å². The molecule has 0 saturated carbocycles. The number of rotatable bonds is 6. The molecule has 0 amide bonds. The van der Waals surface area contributed by atoms with Crippen molar-refractivity contribution in [2.75, 3.05) is 44.7 Å². The Bertz CT molecular complexity index is 786. The van der Waals surface area contributed by atoms with Crippen molar-refractivity contribution in [3.8, 4) is 5.75 Å². The van der Waals surface area contributed by atoms with E-state index in [9.17, 15) is 4.79 Å². The summed E-state index contributed by atoms with van der Waals surface area (Å²) in [6.07, 6.45) is 7.10. The molecule has 1 aromatic heterocycles. The van der Waals surface area contributed by atoms with E-state index in [1.165, 1.54) is 6.20 Å². The molecule has 2 aromatic rings. The van der Waals surface area contributed by atoms with Crippen LogP contribution in [0.2, 0.25) is 0 Å². The van der Waals surface area contributed by atoms with E-state index >= 15 is 0 Å². The highest BCUT2D eigenvalue weighted by Gasteiger charge is 2.18. The minimum atomic E-state index is -1.06. The van der Waals surface area contributed by atoms with Gasteiger partial charge < -0.3 is 14.7 Å². The summed E-state index contributed by atoms with van der Waals surface area (Å²) in [5.74, 6) is 0.430. The molecule has 7 heteroatoms. The SMILES string of the molecule is COc1ccccc1C=CCN1CCN(c2cncc(C(=O)O)n2)CC1. The van der Waals surface area contributed by atoms with Crippen molar-refractivity contribution < 1.29 is 14.6 Å². The first-order chi connectivity index (χ1) is 12.7. The molecule has 1 aromatic carbocycles. The summed E-state index contributed by atoms with van der Waals surface area (Å²) >= 11 is 0. The molecule has 26 heavy (non-hydrogen) atoms. The van der Waals surface area contributed by atoms with Crippen molar-refractivity contribution in [1.29, 1.82) is 0 Å². The van der Waals surface area contributed by atoms with Gasteiger partial charge in [-0.1, -0.05) is 30.4 Å². The van der Waals surface area contributed by atoms with Crippen molar-refractivity contribution in [3.05, 3.63) is 54.0 Å². The molecule has 136 valence electrons. The van der Waals surface area contributed by atoms with Gasteiger partial charge in [0.1, 0.15) is 11.6 Å². The van der Waals surface area contributed by atoms with E-state index in [0.29, 0.717) is 5.82 Å². The summed E-state index contributed by atoms with van der Waals surface area (Å²) in [7, 11) is 1.67. The highest BCUT2D eigenvalue weighted by atomic mass is 16.5. The maximum atomic E-state index is 11.0. The maximum absolute atomic E-state index is 11.0. The molecule has 0 radical (unpaired) electrons. The van der Waals surface area contributed by atoms with Crippen LogP contribution in [0.4, 0.5) is 5.82 Å². The van der Waals surface area contributed by atoms with Crippen LogP contribution >= 0.6 is 0 Å². The van der Waals surface area contributed by atoms with Gasteiger partial charge in [-0.2, -0.15) is 0 Å². The van der Waals surface area contributed by atoms with Crippen LogP contribution in [0.3, 0.4) is 0 Å². The van der Waals surface area contributed by atoms with Gasteiger partial charge >= 0.3 is 5.97 Å². The molecule has 7 nitrogen and oxygen atoms in total. The minimum absolute atomic E-state index is 0.0235. The fraction of sp³-hybridized carbons (Fsp3) is 0.316. The second-order valence-corrected chi connectivity index (χ2v) is 6.00. The number of ether oxygens (including phenoxy) is 1. The van der Waals surface area contributed by atoms with E-state index in [-0.39, 0.29) is 5.69 Å². The van der Waals surface area contributed by atoms with E-state index in [0.717, 1.165) is 44.0 Å². The van der Waals surface area contributed by atoms with Crippen molar-refractivity contribution in [3.63, 3.8) is 0 Å². The average molecular weight is 354 g/mol. The minimum Gasteiger partial charge on any atom is -0.496 e. The standard InChI is InChI=1S/C19H22N4O3/c1-26-17-7-3-2-5-15(17)6-4-8-22-9-11-23(12-10-22)18-14-20-13-16(21-18)19(24)25/h2-7,13-14H,8-12H2,1H3,(H,24,25). The van der Waals surface area contributed by atoms with Gasteiger partial charge in [-0.15, -0.1) is 0 Å². The number of piperazine rings is 1. The monoisotopic (exact) mass is 354 g/mol. The predicted molar refractivity (Wildman–Crippen MR) is 99.7 cm³/mol. The van der Waals surface area contributed by atoms with E-state index in [1.807, 2.05) is 24.3 Å². The molecule has 1 aliphatic heterocycles. The molecule has 0 unspecified atom stereocenters. The normalized spacial score (nSPS) is 15.3. The predicted octanol–water partition coefficient (Wildman–Crippen LogP) is 2.02. The average Bonchev–Trinajstić information content (AvgIpc) is 2.69. The van der Waals surface area contributed by atoms with Gasteiger partial charge in [-0.05, 0) is 6.07 Å². The Morgan fingerprint density at radius 2 is 2.00 bits per heavy atom. The van der Waals surface area contributed by atoms with Crippen molar-refractivity contribution in [2.24, 2.45) is 0 Å². The number of benzene rings is 1. The van der Waals surface area contributed by atoms with Crippen LogP contribution in [-0.2, 0) is 0 Å². The van der Waals surface area contributed by atoms with Crippen molar-refractivity contribution >= 4 is 17.9 Å². The number of para-hydroxylation sites is 1. The number of nitrogens with zero attached hydrogens (tertiary/aromatic N) is 4. The Labute approximate surface area is 152 Å². The number of carbonyl (C=O) groups is 1.